The van der Waals surface area contributed by atoms with E-state index in [-0.39, 0.29) is 30.7 Å². The van der Waals surface area contributed by atoms with Gasteiger partial charge in [0.15, 0.2) is 0 Å². The Balaban J connectivity index is 1.63. The number of anilines is 1. The number of fused-ring (bicyclic) bond motifs is 1. The van der Waals surface area contributed by atoms with Crippen molar-refractivity contribution in [1.82, 2.24) is 5.32 Å². The second-order valence-corrected chi connectivity index (χ2v) is 6.16. The van der Waals surface area contributed by atoms with Crippen LogP contribution < -0.4 is 15.0 Å². The van der Waals surface area contributed by atoms with Crippen molar-refractivity contribution in [3.05, 3.63) is 60.2 Å². The number of ether oxygens (including phenoxy) is 1. The van der Waals surface area contributed by atoms with Gasteiger partial charge >= 0.3 is 0 Å². The third-order valence-corrected chi connectivity index (χ3v) is 4.31. The molecule has 2 aromatic rings. The van der Waals surface area contributed by atoms with Crippen molar-refractivity contribution < 1.29 is 14.3 Å². The molecule has 25 heavy (non-hydrogen) atoms. The molecule has 0 aromatic heterocycles. The molecule has 1 atom stereocenters. The van der Waals surface area contributed by atoms with Crippen molar-refractivity contribution in [3.63, 3.8) is 0 Å². The maximum Gasteiger partial charge on any atom is 0.240 e. The number of nitrogens with one attached hydrogen (secondary N) is 1. The third-order valence-electron chi connectivity index (χ3n) is 4.31. The van der Waals surface area contributed by atoms with Crippen LogP contribution in [0, 0.1) is 0 Å². The monoisotopic (exact) mass is 338 g/mol. The minimum atomic E-state index is -0.173. The molecule has 1 N–H and O–H groups in total. The van der Waals surface area contributed by atoms with Gasteiger partial charge in [-0.3, -0.25) is 14.5 Å². The Morgan fingerprint density at radius 1 is 1.16 bits per heavy atom. The second-order valence-electron chi connectivity index (χ2n) is 6.16. The Labute approximate surface area is 147 Å². The Morgan fingerprint density at radius 2 is 1.88 bits per heavy atom. The van der Waals surface area contributed by atoms with Crippen molar-refractivity contribution in [1.29, 1.82) is 0 Å². The molecule has 0 saturated carbocycles. The van der Waals surface area contributed by atoms with E-state index in [4.69, 9.17) is 4.74 Å². The maximum atomic E-state index is 12.4. The van der Waals surface area contributed by atoms with E-state index in [1.54, 1.807) is 6.07 Å². The molecular weight excluding hydrogens is 316 g/mol. The zero-order chi connectivity index (χ0) is 17.6. The first-order valence-electron chi connectivity index (χ1n) is 8.49. The van der Waals surface area contributed by atoms with Gasteiger partial charge in [0.05, 0.1) is 18.7 Å². The molecule has 2 aromatic carbocycles. The minimum Gasteiger partial charge on any atom is -0.491 e. The van der Waals surface area contributed by atoms with Gasteiger partial charge in [0.1, 0.15) is 12.3 Å². The van der Waals surface area contributed by atoms with E-state index in [0.29, 0.717) is 24.6 Å². The molecule has 0 spiro atoms. The van der Waals surface area contributed by atoms with Crippen LogP contribution in [0.2, 0.25) is 0 Å². The summed E-state index contributed by atoms with van der Waals surface area (Å²) in [6.45, 7) is 2.93. The number of carbonyl (C=O) groups excluding carboxylic acids is 2. The zero-order valence-corrected chi connectivity index (χ0v) is 14.3. The summed E-state index contributed by atoms with van der Waals surface area (Å²) in [5.41, 5.74) is 1.82. The number of hydrogen-bond acceptors (Lipinski definition) is 3. The van der Waals surface area contributed by atoms with Crippen molar-refractivity contribution in [3.8, 4) is 5.75 Å². The van der Waals surface area contributed by atoms with E-state index in [1.165, 1.54) is 10.5 Å². The van der Waals surface area contributed by atoms with Gasteiger partial charge in [-0.1, -0.05) is 49.4 Å². The first kappa shape index (κ1) is 17.0. The molecule has 130 valence electrons. The highest BCUT2D eigenvalue weighted by atomic mass is 16.5. The number of benzene rings is 2. The standard InChI is InChI=1S/C20H22N2O3/c1-15(16-7-3-2-4-8-16)13-21-19(23)14-22-17-9-5-6-10-18(17)25-12-11-20(22)24/h2-10,15H,11-14H2,1H3,(H,21,23)/t15-/m0/s1. The Kier molecular flexibility index (Phi) is 5.33. The maximum absolute atomic E-state index is 12.4. The first-order chi connectivity index (χ1) is 12.1. The Morgan fingerprint density at radius 3 is 2.68 bits per heavy atom. The molecule has 0 bridgehead atoms. The highest BCUT2D eigenvalue weighted by Crippen LogP contribution is 2.30. The lowest BCUT2D eigenvalue weighted by atomic mass is 10.0. The fourth-order valence-electron chi connectivity index (χ4n) is 2.86. The lowest BCUT2D eigenvalue weighted by Gasteiger charge is -2.22. The van der Waals surface area contributed by atoms with E-state index in [2.05, 4.69) is 12.2 Å². The highest BCUT2D eigenvalue weighted by molar-refractivity contribution is 6.00. The van der Waals surface area contributed by atoms with Crippen molar-refractivity contribution in [2.24, 2.45) is 0 Å². The third kappa shape index (κ3) is 4.18. The lowest BCUT2D eigenvalue weighted by Crippen LogP contribution is -2.41. The van der Waals surface area contributed by atoms with Crippen LogP contribution in [0.5, 0.6) is 5.75 Å². The second kappa shape index (κ2) is 7.83. The Bertz CT molecular complexity index is 746. The first-order valence-corrected chi connectivity index (χ1v) is 8.49. The van der Waals surface area contributed by atoms with Gasteiger partial charge in [0.25, 0.3) is 0 Å². The van der Waals surface area contributed by atoms with Crippen molar-refractivity contribution in [2.45, 2.75) is 19.3 Å². The predicted octanol–water partition coefficient (Wildman–Crippen LogP) is 2.72. The molecule has 0 fully saturated rings. The largest absolute Gasteiger partial charge is 0.491 e. The van der Waals surface area contributed by atoms with Gasteiger partial charge in [0.2, 0.25) is 11.8 Å². The SMILES string of the molecule is C[C@@H](CNC(=O)CN1C(=O)CCOc2ccccc21)c1ccccc1. The molecule has 1 aliphatic rings. The lowest BCUT2D eigenvalue weighted by molar-refractivity contribution is -0.123. The molecule has 2 amide bonds. The zero-order valence-electron chi connectivity index (χ0n) is 14.3. The van der Waals surface area contributed by atoms with E-state index in [9.17, 15) is 9.59 Å². The van der Waals surface area contributed by atoms with E-state index < -0.39 is 0 Å². The van der Waals surface area contributed by atoms with Crippen molar-refractivity contribution in [2.75, 3.05) is 24.6 Å². The molecule has 0 aliphatic carbocycles. The summed E-state index contributed by atoms with van der Waals surface area (Å²) in [6, 6.07) is 17.3. The van der Waals surface area contributed by atoms with E-state index >= 15 is 0 Å². The van der Waals surface area contributed by atoms with Gasteiger partial charge in [-0.2, -0.15) is 0 Å². The van der Waals surface area contributed by atoms with Gasteiger partial charge in [0, 0.05) is 6.54 Å². The summed E-state index contributed by atoms with van der Waals surface area (Å²) in [6.07, 6.45) is 0.266. The quantitative estimate of drug-likeness (QED) is 0.912. The van der Waals surface area contributed by atoms with Crippen LogP contribution in [0.1, 0.15) is 24.8 Å². The average molecular weight is 338 g/mol. The van der Waals surface area contributed by atoms with Crippen LogP contribution in [-0.4, -0.2) is 31.5 Å². The number of hydrogen-bond donors (Lipinski definition) is 1. The van der Waals surface area contributed by atoms with Crippen LogP contribution >= 0.6 is 0 Å². The van der Waals surface area contributed by atoms with Crippen LogP contribution in [0.3, 0.4) is 0 Å². The van der Waals surface area contributed by atoms with E-state index in [0.717, 1.165) is 0 Å². The molecule has 5 nitrogen and oxygen atoms in total. The molecule has 1 heterocycles. The van der Waals surface area contributed by atoms with E-state index in [1.807, 2.05) is 48.5 Å². The van der Waals surface area contributed by atoms with Crippen LogP contribution in [0.15, 0.2) is 54.6 Å². The molecule has 3 rings (SSSR count). The van der Waals surface area contributed by atoms with Crippen LogP contribution in [0.4, 0.5) is 5.69 Å². The highest BCUT2D eigenvalue weighted by Gasteiger charge is 2.25. The topological polar surface area (TPSA) is 58.6 Å². The van der Waals surface area contributed by atoms with Gasteiger partial charge < -0.3 is 10.1 Å². The summed E-state index contributed by atoms with van der Waals surface area (Å²) < 4.78 is 5.59. The summed E-state index contributed by atoms with van der Waals surface area (Å²) in [5, 5.41) is 2.93. The predicted molar refractivity (Wildman–Crippen MR) is 96.8 cm³/mol. The number of nitrogens with zero attached hydrogens (tertiary/aromatic N) is 1. The number of para-hydroxylation sites is 2. The molecule has 0 radical (unpaired) electrons. The number of carbonyl (C=O) groups is 2. The molecule has 5 heteroatoms. The molecule has 1 aliphatic heterocycles. The van der Waals surface area contributed by atoms with Crippen LogP contribution in [-0.2, 0) is 9.59 Å². The molecular formula is C20H22N2O3. The van der Waals surface area contributed by atoms with Crippen molar-refractivity contribution >= 4 is 17.5 Å². The van der Waals surface area contributed by atoms with Gasteiger partial charge in [-0.25, -0.2) is 0 Å². The molecule has 0 unspecified atom stereocenters. The minimum absolute atomic E-state index is 0.000711. The summed E-state index contributed by atoms with van der Waals surface area (Å²) >= 11 is 0. The van der Waals surface area contributed by atoms with Crippen LogP contribution in [0.25, 0.3) is 0 Å². The summed E-state index contributed by atoms with van der Waals surface area (Å²) in [5.74, 6) is 0.573. The average Bonchev–Trinajstić information content (AvgIpc) is 2.80. The fourth-order valence-corrected chi connectivity index (χ4v) is 2.86. The number of rotatable bonds is 5. The Hall–Kier alpha value is -2.82. The molecule has 0 saturated heterocycles. The summed E-state index contributed by atoms with van der Waals surface area (Å²) in [7, 11) is 0. The summed E-state index contributed by atoms with van der Waals surface area (Å²) in [4.78, 5) is 26.2. The smallest absolute Gasteiger partial charge is 0.240 e. The van der Waals surface area contributed by atoms with Gasteiger partial charge in [-0.05, 0) is 23.6 Å². The fraction of sp³-hybridized carbons (Fsp3) is 0.300. The van der Waals surface area contributed by atoms with Gasteiger partial charge in [-0.15, -0.1) is 0 Å². The number of amides is 2. The normalized spacial score (nSPS) is 14.9.